The van der Waals surface area contributed by atoms with E-state index in [-0.39, 0.29) is 5.91 Å². The van der Waals surface area contributed by atoms with Crippen LogP contribution in [0.4, 0.5) is 0 Å². The standard InChI is InChI=1S/C21H20N4O/c1-15-12-16(2)25(23-15)20-10-8-19(9-11-20)21(26)24(3)14-18-6-4-17(13-22)5-7-18/h4-12H,14H2,1-3H3. The maximum Gasteiger partial charge on any atom is 0.253 e. The molecular formula is C21H20N4O. The average molecular weight is 344 g/mol. The van der Waals surface area contributed by atoms with Crippen molar-refractivity contribution in [2.75, 3.05) is 7.05 Å². The first-order valence-corrected chi connectivity index (χ1v) is 8.36. The zero-order valence-electron chi connectivity index (χ0n) is 15.1. The van der Waals surface area contributed by atoms with Crippen LogP contribution in [0.3, 0.4) is 0 Å². The monoisotopic (exact) mass is 344 g/mol. The van der Waals surface area contributed by atoms with E-state index in [2.05, 4.69) is 11.2 Å². The molecule has 3 aromatic rings. The van der Waals surface area contributed by atoms with E-state index in [1.54, 1.807) is 24.1 Å². The minimum Gasteiger partial charge on any atom is -0.337 e. The minimum absolute atomic E-state index is 0.0470. The van der Waals surface area contributed by atoms with Crippen molar-refractivity contribution in [3.8, 4) is 11.8 Å². The molecule has 130 valence electrons. The van der Waals surface area contributed by atoms with E-state index in [1.165, 1.54) is 0 Å². The van der Waals surface area contributed by atoms with Crippen LogP contribution >= 0.6 is 0 Å². The summed E-state index contributed by atoms with van der Waals surface area (Å²) in [6.07, 6.45) is 0. The predicted octanol–water partition coefficient (Wildman–Crippen LogP) is 3.63. The Kier molecular flexibility index (Phi) is 4.85. The number of aryl methyl sites for hydroxylation is 2. The fourth-order valence-corrected chi connectivity index (χ4v) is 2.89. The number of rotatable bonds is 4. The summed E-state index contributed by atoms with van der Waals surface area (Å²) in [6, 6.07) is 18.8. The Morgan fingerprint density at radius 2 is 1.77 bits per heavy atom. The van der Waals surface area contributed by atoms with Crippen molar-refractivity contribution in [2.45, 2.75) is 20.4 Å². The molecular weight excluding hydrogens is 324 g/mol. The Balaban J connectivity index is 1.72. The van der Waals surface area contributed by atoms with Crippen molar-refractivity contribution in [1.82, 2.24) is 14.7 Å². The summed E-state index contributed by atoms with van der Waals surface area (Å²) in [6.45, 7) is 4.45. The van der Waals surface area contributed by atoms with Gasteiger partial charge in [-0.2, -0.15) is 10.4 Å². The quantitative estimate of drug-likeness (QED) is 0.726. The van der Waals surface area contributed by atoms with Gasteiger partial charge in [0.1, 0.15) is 0 Å². The summed E-state index contributed by atoms with van der Waals surface area (Å²) in [5.74, 6) is -0.0470. The molecule has 0 saturated heterocycles. The number of hydrogen-bond acceptors (Lipinski definition) is 3. The topological polar surface area (TPSA) is 61.9 Å². The zero-order valence-corrected chi connectivity index (χ0v) is 15.1. The van der Waals surface area contributed by atoms with Crippen LogP contribution in [0.25, 0.3) is 5.69 Å². The van der Waals surface area contributed by atoms with Crippen LogP contribution in [0, 0.1) is 25.2 Å². The normalized spacial score (nSPS) is 10.4. The van der Waals surface area contributed by atoms with Crippen molar-refractivity contribution in [3.63, 3.8) is 0 Å². The molecule has 5 heteroatoms. The Morgan fingerprint density at radius 3 is 2.31 bits per heavy atom. The fourth-order valence-electron chi connectivity index (χ4n) is 2.89. The van der Waals surface area contributed by atoms with Gasteiger partial charge in [-0.15, -0.1) is 0 Å². The molecule has 1 aromatic heterocycles. The fraction of sp³-hybridized carbons (Fsp3) is 0.190. The van der Waals surface area contributed by atoms with Gasteiger partial charge in [0, 0.05) is 24.8 Å². The molecule has 1 amide bonds. The highest BCUT2D eigenvalue weighted by Crippen LogP contribution is 2.15. The van der Waals surface area contributed by atoms with Gasteiger partial charge < -0.3 is 4.90 Å². The van der Waals surface area contributed by atoms with Gasteiger partial charge in [0.25, 0.3) is 5.91 Å². The number of benzene rings is 2. The van der Waals surface area contributed by atoms with Crippen LogP contribution < -0.4 is 0 Å². The Morgan fingerprint density at radius 1 is 1.12 bits per heavy atom. The Bertz CT molecular complexity index is 963. The molecule has 0 spiro atoms. The van der Waals surface area contributed by atoms with E-state index in [0.29, 0.717) is 17.7 Å². The molecule has 0 fully saturated rings. The lowest BCUT2D eigenvalue weighted by Crippen LogP contribution is -2.26. The molecule has 0 saturated carbocycles. The molecule has 0 unspecified atom stereocenters. The molecule has 0 radical (unpaired) electrons. The van der Waals surface area contributed by atoms with Crippen LogP contribution in [0.1, 0.15) is 32.9 Å². The van der Waals surface area contributed by atoms with E-state index >= 15 is 0 Å². The summed E-state index contributed by atoms with van der Waals surface area (Å²) in [5.41, 5.74) is 5.18. The molecule has 1 heterocycles. The van der Waals surface area contributed by atoms with Gasteiger partial charge in [0.05, 0.1) is 23.0 Å². The number of aromatic nitrogens is 2. The Hall–Kier alpha value is -3.39. The number of carbonyl (C=O) groups excluding carboxylic acids is 1. The molecule has 0 aliphatic heterocycles. The van der Waals surface area contributed by atoms with Crippen LogP contribution in [-0.2, 0) is 6.54 Å². The first-order valence-electron chi connectivity index (χ1n) is 8.36. The summed E-state index contributed by atoms with van der Waals surface area (Å²) >= 11 is 0. The SMILES string of the molecule is Cc1cc(C)n(-c2ccc(C(=O)N(C)Cc3ccc(C#N)cc3)cc2)n1. The van der Waals surface area contributed by atoms with Crippen LogP contribution in [-0.4, -0.2) is 27.6 Å². The van der Waals surface area contributed by atoms with Crippen molar-refractivity contribution in [3.05, 3.63) is 82.7 Å². The summed E-state index contributed by atoms with van der Waals surface area (Å²) in [7, 11) is 1.77. The number of nitrogens with zero attached hydrogens (tertiary/aromatic N) is 4. The summed E-state index contributed by atoms with van der Waals surface area (Å²) in [4.78, 5) is 14.3. The second-order valence-corrected chi connectivity index (χ2v) is 6.36. The van der Waals surface area contributed by atoms with E-state index in [4.69, 9.17) is 5.26 Å². The number of hydrogen-bond donors (Lipinski definition) is 0. The number of amides is 1. The van der Waals surface area contributed by atoms with Crippen LogP contribution in [0.15, 0.2) is 54.6 Å². The van der Waals surface area contributed by atoms with Gasteiger partial charge in [-0.25, -0.2) is 4.68 Å². The lowest BCUT2D eigenvalue weighted by Gasteiger charge is -2.17. The van der Waals surface area contributed by atoms with Gasteiger partial charge in [-0.3, -0.25) is 4.79 Å². The van der Waals surface area contributed by atoms with Gasteiger partial charge in [0.15, 0.2) is 0 Å². The zero-order chi connectivity index (χ0) is 18.7. The van der Waals surface area contributed by atoms with E-state index in [9.17, 15) is 4.79 Å². The van der Waals surface area contributed by atoms with E-state index in [0.717, 1.165) is 22.6 Å². The molecule has 5 nitrogen and oxygen atoms in total. The van der Waals surface area contributed by atoms with Gasteiger partial charge in [0.2, 0.25) is 0 Å². The first kappa shape index (κ1) is 17.4. The van der Waals surface area contributed by atoms with Crippen LogP contribution in [0.2, 0.25) is 0 Å². The van der Waals surface area contributed by atoms with Gasteiger partial charge >= 0.3 is 0 Å². The molecule has 0 aliphatic carbocycles. The smallest absolute Gasteiger partial charge is 0.253 e. The van der Waals surface area contributed by atoms with Crippen molar-refractivity contribution >= 4 is 5.91 Å². The van der Waals surface area contributed by atoms with Crippen molar-refractivity contribution in [2.24, 2.45) is 0 Å². The predicted molar refractivity (Wildman–Crippen MR) is 100.0 cm³/mol. The summed E-state index contributed by atoms with van der Waals surface area (Å²) in [5, 5.41) is 13.3. The minimum atomic E-state index is -0.0470. The van der Waals surface area contributed by atoms with Gasteiger partial charge in [-0.05, 0) is 61.9 Å². The molecule has 0 aliphatic rings. The van der Waals surface area contributed by atoms with Gasteiger partial charge in [-0.1, -0.05) is 12.1 Å². The van der Waals surface area contributed by atoms with Crippen LogP contribution in [0.5, 0.6) is 0 Å². The molecule has 0 atom stereocenters. The molecule has 26 heavy (non-hydrogen) atoms. The second kappa shape index (κ2) is 7.24. The molecule has 0 N–H and O–H groups in total. The highest BCUT2D eigenvalue weighted by Gasteiger charge is 2.13. The molecule has 2 aromatic carbocycles. The third-order valence-electron chi connectivity index (χ3n) is 4.22. The third-order valence-corrected chi connectivity index (χ3v) is 4.22. The second-order valence-electron chi connectivity index (χ2n) is 6.36. The van der Waals surface area contributed by atoms with E-state index < -0.39 is 0 Å². The lowest BCUT2D eigenvalue weighted by atomic mass is 10.1. The van der Waals surface area contributed by atoms with E-state index in [1.807, 2.05) is 61.0 Å². The van der Waals surface area contributed by atoms with Crippen molar-refractivity contribution in [1.29, 1.82) is 5.26 Å². The number of carbonyl (C=O) groups is 1. The lowest BCUT2D eigenvalue weighted by molar-refractivity contribution is 0.0785. The maximum atomic E-state index is 12.6. The highest BCUT2D eigenvalue weighted by atomic mass is 16.2. The first-order chi connectivity index (χ1) is 12.5. The summed E-state index contributed by atoms with van der Waals surface area (Å²) < 4.78 is 1.87. The highest BCUT2D eigenvalue weighted by molar-refractivity contribution is 5.94. The molecule has 3 rings (SSSR count). The average Bonchev–Trinajstić information content (AvgIpc) is 3.00. The van der Waals surface area contributed by atoms with Crippen molar-refractivity contribution < 1.29 is 4.79 Å². The third kappa shape index (κ3) is 3.65. The maximum absolute atomic E-state index is 12.6. The number of nitriles is 1. The largest absolute Gasteiger partial charge is 0.337 e. The Labute approximate surface area is 153 Å². The molecule has 0 bridgehead atoms.